The van der Waals surface area contributed by atoms with Crippen molar-refractivity contribution >= 4 is 52.7 Å². The molecule has 1 aliphatic rings. The highest BCUT2D eigenvalue weighted by Gasteiger charge is 2.30. The van der Waals surface area contributed by atoms with Gasteiger partial charge in [-0.05, 0) is 43.2 Å². The summed E-state index contributed by atoms with van der Waals surface area (Å²) in [4.78, 5) is 31.3. The number of nitrogens with zero attached hydrogens (tertiary/aromatic N) is 2. The quantitative estimate of drug-likeness (QED) is 0.476. The molecule has 0 saturated carbocycles. The summed E-state index contributed by atoms with van der Waals surface area (Å²) >= 11 is 13.5. The lowest BCUT2D eigenvalue weighted by atomic mass is 10.0. The normalized spacial score (nSPS) is 16.1. The highest BCUT2D eigenvalue weighted by Crippen LogP contribution is 2.26. The summed E-state index contributed by atoms with van der Waals surface area (Å²) in [6, 6.07) is 14.1. The molecule has 0 unspecified atom stereocenters. The zero-order chi connectivity index (χ0) is 23.5. The Morgan fingerprint density at radius 3 is 2.67 bits per heavy atom. The van der Waals surface area contributed by atoms with Gasteiger partial charge >= 0.3 is 5.97 Å². The standard InChI is InChI=1S/C25H20Cl2N2O3S/c1-3-32-24(31)22-15(2)28-25-29(20(22)12-9-16-7-5-4-6-8-16)23(30)21(33-25)13-17-10-11-18(26)14-19(17)27/h4-14,20H,3H2,1-2H3/b12-9-,21-13?/t20-/m1/s1. The average Bonchev–Trinajstić information content (AvgIpc) is 3.09. The number of halogens is 2. The van der Waals surface area contributed by atoms with Crippen LogP contribution < -0.4 is 14.9 Å². The summed E-state index contributed by atoms with van der Waals surface area (Å²) in [5, 5.41) is 0.955. The number of allylic oxidation sites excluding steroid dienone is 2. The van der Waals surface area contributed by atoms with Crippen molar-refractivity contribution in [3.05, 3.63) is 107 Å². The second-order valence-corrected chi connectivity index (χ2v) is 9.13. The van der Waals surface area contributed by atoms with E-state index in [1.807, 2.05) is 42.5 Å². The van der Waals surface area contributed by atoms with Crippen molar-refractivity contribution in [3.8, 4) is 0 Å². The van der Waals surface area contributed by atoms with Crippen molar-refractivity contribution in [1.29, 1.82) is 0 Å². The topological polar surface area (TPSA) is 60.7 Å². The van der Waals surface area contributed by atoms with Crippen LogP contribution in [0.3, 0.4) is 0 Å². The van der Waals surface area contributed by atoms with Crippen LogP contribution in [-0.4, -0.2) is 17.1 Å². The molecule has 0 bridgehead atoms. The molecule has 0 radical (unpaired) electrons. The predicted octanol–water partition coefficient (Wildman–Crippen LogP) is 4.77. The largest absolute Gasteiger partial charge is 0.463 e. The van der Waals surface area contributed by atoms with Crippen molar-refractivity contribution in [2.75, 3.05) is 6.61 Å². The Morgan fingerprint density at radius 1 is 1.21 bits per heavy atom. The molecule has 1 aliphatic heterocycles. The number of hydrogen-bond acceptors (Lipinski definition) is 5. The molecule has 0 saturated heterocycles. The number of carbonyl (C=O) groups is 1. The van der Waals surface area contributed by atoms with E-state index < -0.39 is 12.0 Å². The van der Waals surface area contributed by atoms with Gasteiger partial charge in [0, 0.05) is 10.0 Å². The van der Waals surface area contributed by atoms with Crippen LogP contribution in [0.5, 0.6) is 0 Å². The van der Waals surface area contributed by atoms with Gasteiger partial charge in [-0.3, -0.25) is 9.36 Å². The SMILES string of the molecule is CCOC(=O)C1=C(C)N=c2sc(=Cc3ccc(Cl)cc3Cl)c(=O)n2[C@@H]1/C=C\c1ccccc1. The van der Waals surface area contributed by atoms with E-state index in [0.717, 1.165) is 5.56 Å². The highest BCUT2D eigenvalue weighted by atomic mass is 35.5. The van der Waals surface area contributed by atoms with Crippen LogP contribution in [0, 0.1) is 0 Å². The Labute approximate surface area is 204 Å². The molecule has 1 aromatic heterocycles. The van der Waals surface area contributed by atoms with Crippen LogP contribution in [-0.2, 0) is 9.53 Å². The van der Waals surface area contributed by atoms with Gasteiger partial charge in [-0.2, -0.15) is 0 Å². The molecule has 0 amide bonds. The van der Waals surface area contributed by atoms with E-state index in [1.165, 1.54) is 15.9 Å². The molecule has 0 N–H and O–H groups in total. The molecular weight excluding hydrogens is 479 g/mol. The molecule has 8 heteroatoms. The number of thiazole rings is 1. The fourth-order valence-corrected chi connectivity index (χ4v) is 5.05. The molecule has 2 aromatic carbocycles. The summed E-state index contributed by atoms with van der Waals surface area (Å²) in [5.74, 6) is -0.489. The fourth-order valence-electron chi connectivity index (χ4n) is 3.54. The first kappa shape index (κ1) is 23.2. The zero-order valence-corrected chi connectivity index (χ0v) is 20.2. The first-order valence-corrected chi connectivity index (χ1v) is 11.8. The predicted molar refractivity (Wildman–Crippen MR) is 133 cm³/mol. The second-order valence-electron chi connectivity index (χ2n) is 7.28. The lowest BCUT2D eigenvalue weighted by molar-refractivity contribution is -0.139. The Kier molecular flexibility index (Phi) is 6.98. The molecule has 0 fully saturated rings. The van der Waals surface area contributed by atoms with Crippen LogP contribution >= 0.6 is 34.5 Å². The van der Waals surface area contributed by atoms with Gasteiger partial charge in [-0.1, -0.05) is 83.1 Å². The van der Waals surface area contributed by atoms with Crippen molar-refractivity contribution in [3.63, 3.8) is 0 Å². The van der Waals surface area contributed by atoms with Crippen LogP contribution in [0.4, 0.5) is 0 Å². The molecular formula is C25H20Cl2N2O3S. The Balaban J connectivity index is 1.89. The lowest BCUT2D eigenvalue weighted by Crippen LogP contribution is -2.38. The monoisotopic (exact) mass is 498 g/mol. The maximum absolute atomic E-state index is 13.5. The molecule has 5 nitrogen and oxygen atoms in total. The summed E-state index contributed by atoms with van der Waals surface area (Å²) < 4.78 is 7.26. The summed E-state index contributed by atoms with van der Waals surface area (Å²) in [6.45, 7) is 3.72. The average molecular weight is 499 g/mol. The van der Waals surface area contributed by atoms with E-state index in [-0.39, 0.29) is 12.2 Å². The third-order valence-corrected chi connectivity index (χ3v) is 6.62. The van der Waals surface area contributed by atoms with Crippen molar-refractivity contribution in [2.45, 2.75) is 19.9 Å². The van der Waals surface area contributed by atoms with Crippen molar-refractivity contribution in [1.82, 2.24) is 4.57 Å². The van der Waals surface area contributed by atoms with Gasteiger partial charge in [-0.25, -0.2) is 9.79 Å². The van der Waals surface area contributed by atoms with E-state index in [0.29, 0.717) is 36.2 Å². The fraction of sp³-hybridized carbons (Fsp3) is 0.160. The summed E-state index contributed by atoms with van der Waals surface area (Å²) in [5.41, 5.74) is 2.22. The molecule has 33 heavy (non-hydrogen) atoms. The minimum absolute atomic E-state index is 0.226. The van der Waals surface area contributed by atoms with Gasteiger partial charge in [0.15, 0.2) is 4.80 Å². The molecule has 2 heterocycles. The van der Waals surface area contributed by atoms with Crippen LogP contribution in [0.1, 0.15) is 31.0 Å². The molecule has 4 rings (SSSR count). The number of benzene rings is 2. The summed E-state index contributed by atoms with van der Waals surface area (Å²) in [7, 11) is 0. The van der Waals surface area contributed by atoms with Gasteiger partial charge in [0.25, 0.3) is 5.56 Å². The molecule has 168 valence electrons. The molecule has 3 aromatic rings. The second kappa shape index (κ2) is 9.91. The molecule has 0 spiro atoms. The van der Waals surface area contributed by atoms with Gasteiger partial charge in [0.05, 0.1) is 28.5 Å². The smallest absolute Gasteiger partial charge is 0.338 e. The number of ether oxygens (including phenoxy) is 1. The Morgan fingerprint density at radius 2 is 1.97 bits per heavy atom. The van der Waals surface area contributed by atoms with E-state index in [9.17, 15) is 9.59 Å². The third-order valence-electron chi connectivity index (χ3n) is 5.08. The number of rotatable bonds is 5. The number of esters is 1. The number of aromatic nitrogens is 1. The first-order valence-electron chi connectivity index (χ1n) is 10.3. The maximum atomic E-state index is 13.5. The van der Waals surface area contributed by atoms with E-state index in [2.05, 4.69) is 4.99 Å². The van der Waals surface area contributed by atoms with E-state index >= 15 is 0 Å². The van der Waals surface area contributed by atoms with Gasteiger partial charge in [-0.15, -0.1) is 0 Å². The van der Waals surface area contributed by atoms with Crippen molar-refractivity contribution in [2.24, 2.45) is 4.99 Å². The Bertz CT molecular complexity index is 1450. The van der Waals surface area contributed by atoms with Crippen LogP contribution in [0.2, 0.25) is 10.0 Å². The van der Waals surface area contributed by atoms with Gasteiger partial charge < -0.3 is 4.74 Å². The third kappa shape index (κ3) is 4.88. The first-order chi connectivity index (χ1) is 15.9. The molecule has 0 aliphatic carbocycles. The minimum atomic E-state index is -0.650. The summed E-state index contributed by atoms with van der Waals surface area (Å²) in [6.07, 6.45) is 5.43. The number of hydrogen-bond donors (Lipinski definition) is 0. The highest BCUT2D eigenvalue weighted by molar-refractivity contribution is 7.07. The lowest BCUT2D eigenvalue weighted by Gasteiger charge is -2.21. The van der Waals surface area contributed by atoms with Crippen LogP contribution in [0.25, 0.3) is 12.2 Å². The molecule has 1 atom stereocenters. The zero-order valence-electron chi connectivity index (χ0n) is 17.9. The van der Waals surface area contributed by atoms with Gasteiger partial charge in [0.1, 0.15) is 0 Å². The van der Waals surface area contributed by atoms with E-state index in [1.54, 1.807) is 38.1 Å². The van der Waals surface area contributed by atoms with Crippen molar-refractivity contribution < 1.29 is 9.53 Å². The van der Waals surface area contributed by atoms with Gasteiger partial charge in [0.2, 0.25) is 0 Å². The Hall–Kier alpha value is -2.93. The van der Waals surface area contributed by atoms with Crippen LogP contribution in [0.15, 0.2) is 75.7 Å². The maximum Gasteiger partial charge on any atom is 0.338 e. The number of fused-ring (bicyclic) bond motifs is 1. The van der Waals surface area contributed by atoms with E-state index in [4.69, 9.17) is 27.9 Å². The number of carbonyl (C=O) groups excluding carboxylic acids is 1. The minimum Gasteiger partial charge on any atom is -0.463 e.